The lowest BCUT2D eigenvalue weighted by Gasteiger charge is -2.14. The van der Waals surface area contributed by atoms with Gasteiger partial charge in [0.1, 0.15) is 5.75 Å². The highest BCUT2D eigenvalue weighted by atomic mass is 32.2. The van der Waals surface area contributed by atoms with E-state index in [9.17, 15) is 9.59 Å². The minimum Gasteiger partial charge on any atom is -0.495 e. The van der Waals surface area contributed by atoms with Crippen molar-refractivity contribution in [2.24, 2.45) is 0 Å². The second-order valence-electron chi connectivity index (χ2n) is 5.97. The number of thioether (sulfide) groups is 1. The standard InChI is InChI=1S/C21H22N4O4S/c1-4-29-19(26)17-18(23-20(27)22-14-10-6-5-7-11-14)24-21(30-3)25(17)15-12-8-9-13-16(15)28-2/h5-13H,4H2,1-3H3,(H2,22,23,27). The topological polar surface area (TPSA) is 94.5 Å². The Hall–Kier alpha value is -3.46. The van der Waals surface area contributed by atoms with Gasteiger partial charge in [0, 0.05) is 5.69 Å². The summed E-state index contributed by atoms with van der Waals surface area (Å²) in [5, 5.41) is 5.88. The van der Waals surface area contributed by atoms with Crippen molar-refractivity contribution in [2.45, 2.75) is 12.1 Å². The number of hydrogen-bond acceptors (Lipinski definition) is 6. The first-order chi connectivity index (χ1) is 14.6. The fourth-order valence-electron chi connectivity index (χ4n) is 2.84. The number of methoxy groups -OCH3 is 1. The molecule has 0 atom stereocenters. The highest BCUT2D eigenvalue weighted by Gasteiger charge is 2.27. The first-order valence-electron chi connectivity index (χ1n) is 9.19. The molecule has 0 aliphatic heterocycles. The lowest BCUT2D eigenvalue weighted by atomic mass is 10.2. The second-order valence-corrected chi connectivity index (χ2v) is 6.74. The number of hydrogen-bond donors (Lipinski definition) is 2. The monoisotopic (exact) mass is 426 g/mol. The molecule has 9 heteroatoms. The molecule has 1 aromatic heterocycles. The Labute approximate surface area is 178 Å². The van der Waals surface area contributed by atoms with Crippen LogP contribution in [0.1, 0.15) is 17.4 Å². The lowest BCUT2D eigenvalue weighted by Crippen LogP contribution is -2.22. The van der Waals surface area contributed by atoms with Gasteiger partial charge in [-0.3, -0.25) is 9.88 Å². The third-order valence-electron chi connectivity index (χ3n) is 4.09. The van der Waals surface area contributed by atoms with Gasteiger partial charge in [-0.15, -0.1) is 0 Å². The minimum atomic E-state index is -0.605. The number of benzene rings is 2. The van der Waals surface area contributed by atoms with Gasteiger partial charge in [-0.25, -0.2) is 14.6 Å². The molecule has 0 unspecified atom stereocenters. The van der Waals surface area contributed by atoms with Crippen molar-refractivity contribution < 1.29 is 19.1 Å². The Balaban J connectivity index is 2.05. The molecular weight excluding hydrogens is 404 g/mol. The minimum absolute atomic E-state index is 0.0946. The Morgan fingerprint density at radius 3 is 2.43 bits per heavy atom. The Morgan fingerprint density at radius 1 is 1.07 bits per heavy atom. The van der Waals surface area contributed by atoms with Crippen LogP contribution in [0.5, 0.6) is 5.75 Å². The average molecular weight is 426 g/mol. The van der Waals surface area contributed by atoms with E-state index >= 15 is 0 Å². The van der Waals surface area contributed by atoms with Crippen molar-refractivity contribution in [2.75, 3.05) is 30.6 Å². The van der Waals surface area contributed by atoms with E-state index in [4.69, 9.17) is 9.47 Å². The molecule has 2 aromatic carbocycles. The number of carbonyl (C=O) groups excluding carboxylic acids is 2. The van der Waals surface area contributed by atoms with E-state index in [1.54, 1.807) is 42.9 Å². The van der Waals surface area contributed by atoms with Gasteiger partial charge in [0.15, 0.2) is 16.7 Å². The van der Waals surface area contributed by atoms with Crippen LogP contribution in [-0.4, -0.2) is 41.5 Å². The predicted molar refractivity (Wildman–Crippen MR) is 117 cm³/mol. The van der Waals surface area contributed by atoms with Gasteiger partial charge in [0.25, 0.3) is 0 Å². The molecule has 0 radical (unpaired) electrons. The summed E-state index contributed by atoms with van der Waals surface area (Å²) in [5.41, 5.74) is 1.33. The van der Waals surface area contributed by atoms with Crippen molar-refractivity contribution in [3.63, 3.8) is 0 Å². The van der Waals surface area contributed by atoms with Gasteiger partial charge in [-0.1, -0.05) is 42.1 Å². The van der Waals surface area contributed by atoms with Gasteiger partial charge < -0.3 is 14.8 Å². The number of carbonyl (C=O) groups is 2. The van der Waals surface area contributed by atoms with Crippen molar-refractivity contribution in [3.8, 4) is 11.4 Å². The smallest absolute Gasteiger partial charge is 0.359 e. The maximum Gasteiger partial charge on any atom is 0.359 e. The zero-order valence-corrected chi connectivity index (χ0v) is 17.7. The molecule has 0 bridgehead atoms. The molecular formula is C21H22N4O4S. The van der Waals surface area contributed by atoms with Crippen molar-refractivity contribution in [3.05, 3.63) is 60.3 Å². The Morgan fingerprint density at radius 2 is 1.77 bits per heavy atom. The SMILES string of the molecule is CCOC(=O)c1c(NC(=O)Nc2ccccc2)nc(SC)n1-c1ccccc1OC. The normalized spacial score (nSPS) is 10.4. The van der Waals surface area contributed by atoms with Crippen molar-refractivity contribution >= 4 is 35.3 Å². The molecule has 0 spiro atoms. The number of esters is 1. The third-order valence-corrected chi connectivity index (χ3v) is 4.73. The van der Waals surface area contributed by atoms with Crippen LogP contribution in [0.25, 0.3) is 5.69 Å². The number of urea groups is 1. The maximum atomic E-state index is 12.8. The van der Waals surface area contributed by atoms with E-state index in [1.807, 2.05) is 36.6 Å². The average Bonchev–Trinajstić information content (AvgIpc) is 3.12. The summed E-state index contributed by atoms with van der Waals surface area (Å²) in [4.78, 5) is 29.8. The van der Waals surface area contributed by atoms with Gasteiger partial charge in [0.05, 0.1) is 19.4 Å². The van der Waals surface area contributed by atoms with Crippen LogP contribution in [0.3, 0.4) is 0 Å². The van der Waals surface area contributed by atoms with Crippen molar-refractivity contribution in [1.29, 1.82) is 0 Å². The van der Waals surface area contributed by atoms with Gasteiger partial charge in [-0.2, -0.15) is 0 Å². The molecule has 0 aliphatic rings. The van der Waals surface area contributed by atoms with E-state index in [1.165, 1.54) is 11.8 Å². The summed E-state index contributed by atoms with van der Waals surface area (Å²) >= 11 is 1.33. The number of anilines is 2. The summed E-state index contributed by atoms with van der Waals surface area (Å²) in [6, 6.07) is 15.7. The quantitative estimate of drug-likeness (QED) is 0.429. The summed E-state index contributed by atoms with van der Waals surface area (Å²) in [5.74, 6) is 0.0411. The maximum absolute atomic E-state index is 12.8. The number of rotatable bonds is 7. The van der Waals surface area contributed by atoms with E-state index in [2.05, 4.69) is 15.6 Å². The molecule has 1 heterocycles. The van der Waals surface area contributed by atoms with Gasteiger partial charge >= 0.3 is 12.0 Å². The van der Waals surface area contributed by atoms with Crippen LogP contribution in [0.4, 0.5) is 16.3 Å². The first kappa shape index (κ1) is 21.3. The Kier molecular flexibility index (Phi) is 6.97. The first-order valence-corrected chi connectivity index (χ1v) is 10.4. The highest BCUT2D eigenvalue weighted by molar-refractivity contribution is 7.98. The lowest BCUT2D eigenvalue weighted by molar-refractivity contribution is 0.0517. The molecule has 3 aromatic rings. The summed E-state index contributed by atoms with van der Waals surface area (Å²) in [6.45, 7) is 1.90. The molecule has 3 rings (SSSR count). The highest BCUT2D eigenvalue weighted by Crippen LogP contribution is 2.33. The fourth-order valence-corrected chi connectivity index (χ4v) is 3.40. The fraction of sp³-hybridized carbons (Fsp3) is 0.190. The van der Waals surface area contributed by atoms with Crippen LogP contribution >= 0.6 is 11.8 Å². The van der Waals surface area contributed by atoms with Crippen LogP contribution < -0.4 is 15.4 Å². The molecule has 156 valence electrons. The number of aromatic nitrogens is 2. The van der Waals surface area contributed by atoms with E-state index in [0.29, 0.717) is 22.3 Å². The summed E-state index contributed by atoms with van der Waals surface area (Å²) in [6.07, 6.45) is 1.83. The molecule has 2 N–H and O–H groups in total. The number of nitrogens with one attached hydrogen (secondary N) is 2. The zero-order valence-electron chi connectivity index (χ0n) is 16.8. The third kappa shape index (κ3) is 4.57. The number of para-hydroxylation sites is 3. The van der Waals surface area contributed by atoms with E-state index in [-0.39, 0.29) is 18.1 Å². The molecule has 0 saturated carbocycles. The van der Waals surface area contributed by atoms with E-state index in [0.717, 1.165) is 0 Å². The molecule has 30 heavy (non-hydrogen) atoms. The van der Waals surface area contributed by atoms with Crippen LogP contribution in [0.15, 0.2) is 59.8 Å². The number of ether oxygens (including phenoxy) is 2. The molecule has 0 fully saturated rings. The van der Waals surface area contributed by atoms with E-state index < -0.39 is 12.0 Å². The largest absolute Gasteiger partial charge is 0.495 e. The molecule has 0 aliphatic carbocycles. The van der Waals surface area contributed by atoms with Crippen molar-refractivity contribution in [1.82, 2.24) is 9.55 Å². The van der Waals surface area contributed by atoms with Crippen LogP contribution in [0.2, 0.25) is 0 Å². The number of amides is 2. The second kappa shape index (κ2) is 9.84. The van der Waals surface area contributed by atoms with Gasteiger partial charge in [0.2, 0.25) is 0 Å². The van der Waals surface area contributed by atoms with Crippen LogP contribution in [0, 0.1) is 0 Å². The van der Waals surface area contributed by atoms with Gasteiger partial charge in [-0.05, 0) is 37.4 Å². The molecule has 2 amide bonds. The summed E-state index contributed by atoms with van der Waals surface area (Å²) in [7, 11) is 1.55. The zero-order chi connectivity index (χ0) is 21.5. The molecule has 8 nitrogen and oxygen atoms in total. The predicted octanol–water partition coefficient (Wildman–Crippen LogP) is 4.42. The number of nitrogens with zero attached hydrogens (tertiary/aromatic N) is 2. The van der Waals surface area contributed by atoms with Crippen LogP contribution in [-0.2, 0) is 4.74 Å². The molecule has 0 saturated heterocycles. The Bertz CT molecular complexity index is 1040. The summed E-state index contributed by atoms with van der Waals surface area (Å²) < 4.78 is 12.3. The number of imidazole rings is 1.